The van der Waals surface area contributed by atoms with Crippen LogP contribution in [0, 0.1) is 11.7 Å². The molecule has 0 bridgehead atoms. The van der Waals surface area contributed by atoms with E-state index in [1.807, 2.05) is 0 Å². The molecule has 1 saturated heterocycles. The van der Waals surface area contributed by atoms with Crippen LogP contribution in [0.3, 0.4) is 0 Å². The fourth-order valence-corrected chi connectivity index (χ4v) is 2.10. The van der Waals surface area contributed by atoms with Crippen molar-refractivity contribution in [1.29, 1.82) is 0 Å². The lowest BCUT2D eigenvalue weighted by Gasteiger charge is -2.12. The highest BCUT2D eigenvalue weighted by atomic mass is 19.1. The van der Waals surface area contributed by atoms with Crippen LogP contribution in [0.5, 0.6) is 5.75 Å². The molecule has 1 aromatic rings. The van der Waals surface area contributed by atoms with Gasteiger partial charge in [-0.05, 0) is 30.0 Å². The van der Waals surface area contributed by atoms with Gasteiger partial charge in [-0.3, -0.25) is 0 Å². The first-order valence-corrected chi connectivity index (χ1v) is 5.42. The monoisotopic (exact) mass is 225 g/mol. The maximum atomic E-state index is 13.2. The molecule has 2 unspecified atom stereocenters. The lowest BCUT2D eigenvalue weighted by molar-refractivity contribution is 0.236. The summed E-state index contributed by atoms with van der Waals surface area (Å²) < 4.78 is 18.2. The summed E-state index contributed by atoms with van der Waals surface area (Å²) in [6.07, 6.45) is 0.880. The number of nitrogens with one attached hydrogen (secondary N) is 1. The van der Waals surface area contributed by atoms with Crippen molar-refractivity contribution in [3.8, 4) is 5.75 Å². The Labute approximate surface area is 94.2 Å². The van der Waals surface area contributed by atoms with E-state index in [0.717, 1.165) is 18.5 Å². The summed E-state index contributed by atoms with van der Waals surface area (Å²) >= 11 is 0. The van der Waals surface area contributed by atoms with Crippen LogP contribution in [-0.4, -0.2) is 25.4 Å². The van der Waals surface area contributed by atoms with Crippen LogP contribution >= 0.6 is 0 Å². The van der Waals surface area contributed by atoms with Crippen molar-refractivity contribution in [2.24, 2.45) is 5.92 Å². The number of halogens is 1. The Morgan fingerprint density at radius 3 is 3.00 bits per heavy atom. The van der Waals surface area contributed by atoms with Gasteiger partial charge in [0.25, 0.3) is 0 Å². The van der Waals surface area contributed by atoms with Crippen molar-refractivity contribution in [1.82, 2.24) is 5.32 Å². The van der Waals surface area contributed by atoms with Crippen molar-refractivity contribution >= 4 is 0 Å². The zero-order valence-electron chi connectivity index (χ0n) is 9.24. The molecule has 16 heavy (non-hydrogen) atoms. The highest BCUT2D eigenvalue weighted by Gasteiger charge is 2.25. The van der Waals surface area contributed by atoms with Crippen LogP contribution in [0.2, 0.25) is 0 Å². The molecule has 1 aliphatic rings. The van der Waals surface area contributed by atoms with E-state index in [2.05, 4.69) is 5.32 Å². The second-order valence-corrected chi connectivity index (χ2v) is 4.14. The maximum Gasteiger partial charge on any atom is 0.165 e. The first-order valence-electron chi connectivity index (χ1n) is 5.42. The zero-order valence-corrected chi connectivity index (χ0v) is 9.24. The molecule has 0 amide bonds. The summed E-state index contributed by atoms with van der Waals surface area (Å²) in [4.78, 5) is 0. The third kappa shape index (κ3) is 2.18. The molecular formula is C12H16FNO2. The van der Waals surface area contributed by atoms with Crippen LogP contribution in [-0.2, 0) is 0 Å². The van der Waals surface area contributed by atoms with Crippen molar-refractivity contribution in [3.05, 3.63) is 29.6 Å². The number of benzene rings is 1. The average molecular weight is 225 g/mol. The molecule has 1 heterocycles. The molecule has 0 aliphatic carbocycles. The molecule has 2 rings (SSSR count). The van der Waals surface area contributed by atoms with Gasteiger partial charge in [-0.25, -0.2) is 4.39 Å². The zero-order chi connectivity index (χ0) is 11.5. The van der Waals surface area contributed by atoms with Crippen LogP contribution < -0.4 is 10.1 Å². The fourth-order valence-electron chi connectivity index (χ4n) is 2.10. The van der Waals surface area contributed by atoms with Gasteiger partial charge in [0.05, 0.1) is 7.11 Å². The van der Waals surface area contributed by atoms with Gasteiger partial charge in [0.1, 0.15) is 0 Å². The molecular weight excluding hydrogens is 209 g/mol. The van der Waals surface area contributed by atoms with Crippen molar-refractivity contribution in [3.63, 3.8) is 0 Å². The topological polar surface area (TPSA) is 41.5 Å². The van der Waals surface area contributed by atoms with Gasteiger partial charge in [-0.1, -0.05) is 6.07 Å². The van der Waals surface area contributed by atoms with Crippen LogP contribution in [0.1, 0.15) is 18.0 Å². The van der Waals surface area contributed by atoms with Crippen LogP contribution in [0.4, 0.5) is 4.39 Å². The van der Waals surface area contributed by atoms with Crippen molar-refractivity contribution in [2.75, 3.05) is 20.3 Å². The molecule has 3 nitrogen and oxygen atoms in total. The van der Waals surface area contributed by atoms with Gasteiger partial charge < -0.3 is 15.2 Å². The van der Waals surface area contributed by atoms with Gasteiger partial charge in [-0.15, -0.1) is 0 Å². The molecule has 0 aromatic heterocycles. The minimum Gasteiger partial charge on any atom is -0.494 e. The predicted octanol–water partition coefficient (Wildman–Crippen LogP) is 1.48. The fraction of sp³-hybridized carbons (Fsp3) is 0.500. The number of aliphatic hydroxyl groups is 1. The minimum absolute atomic E-state index is 0.187. The van der Waals surface area contributed by atoms with E-state index in [1.165, 1.54) is 13.2 Å². The Balaban J connectivity index is 2.15. The quantitative estimate of drug-likeness (QED) is 0.818. The third-order valence-corrected chi connectivity index (χ3v) is 3.06. The smallest absolute Gasteiger partial charge is 0.165 e. The summed E-state index contributed by atoms with van der Waals surface area (Å²) in [6.45, 7) is 1.00. The number of aliphatic hydroxyl groups excluding tert-OH is 1. The average Bonchev–Trinajstić information content (AvgIpc) is 2.78. The normalized spacial score (nSPS) is 24.7. The Hall–Kier alpha value is -1.13. The largest absolute Gasteiger partial charge is 0.494 e. The van der Waals surface area contributed by atoms with Gasteiger partial charge in [-0.2, -0.15) is 0 Å². The first-order chi connectivity index (χ1) is 7.74. The Morgan fingerprint density at radius 1 is 1.56 bits per heavy atom. The van der Waals surface area contributed by atoms with E-state index in [9.17, 15) is 4.39 Å². The molecule has 0 spiro atoms. The van der Waals surface area contributed by atoms with Gasteiger partial charge in [0.2, 0.25) is 0 Å². The van der Waals surface area contributed by atoms with Crippen LogP contribution in [0.25, 0.3) is 0 Å². The Bertz CT molecular complexity index is 370. The molecule has 1 fully saturated rings. The summed E-state index contributed by atoms with van der Waals surface area (Å²) in [5, 5.41) is 12.4. The predicted molar refractivity (Wildman–Crippen MR) is 58.9 cm³/mol. The number of hydrogen-bond acceptors (Lipinski definition) is 3. The molecule has 2 N–H and O–H groups in total. The van der Waals surface area contributed by atoms with Crippen LogP contribution in [0.15, 0.2) is 18.2 Å². The maximum absolute atomic E-state index is 13.2. The van der Waals surface area contributed by atoms with Gasteiger partial charge >= 0.3 is 0 Å². The SMILES string of the molecule is COc1cc(C2CC(CO)CN2)ccc1F. The molecule has 1 aromatic carbocycles. The number of ether oxygens (including phenoxy) is 1. The van der Waals surface area contributed by atoms with E-state index >= 15 is 0 Å². The van der Waals surface area contributed by atoms with E-state index in [1.54, 1.807) is 12.1 Å². The summed E-state index contributed by atoms with van der Waals surface area (Å²) in [5.74, 6) is 0.218. The van der Waals surface area contributed by atoms with Crippen molar-refractivity contribution < 1.29 is 14.2 Å². The minimum atomic E-state index is -0.344. The highest BCUT2D eigenvalue weighted by molar-refractivity contribution is 5.32. The summed E-state index contributed by atoms with van der Waals surface area (Å²) in [7, 11) is 1.46. The Kier molecular flexibility index (Phi) is 3.41. The van der Waals surface area contributed by atoms with E-state index in [-0.39, 0.29) is 24.2 Å². The number of hydrogen-bond donors (Lipinski definition) is 2. The van der Waals surface area contributed by atoms with Crippen molar-refractivity contribution in [2.45, 2.75) is 12.5 Å². The van der Waals surface area contributed by atoms with E-state index in [0.29, 0.717) is 5.92 Å². The van der Waals surface area contributed by atoms with E-state index < -0.39 is 0 Å². The third-order valence-electron chi connectivity index (χ3n) is 3.06. The lowest BCUT2D eigenvalue weighted by atomic mass is 10.0. The van der Waals surface area contributed by atoms with E-state index in [4.69, 9.17) is 9.84 Å². The lowest BCUT2D eigenvalue weighted by Crippen LogP contribution is -2.14. The number of methoxy groups -OCH3 is 1. The molecule has 0 saturated carbocycles. The Morgan fingerprint density at radius 2 is 2.38 bits per heavy atom. The second-order valence-electron chi connectivity index (χ2n) is 4.14. The molecule has 2 atom stereocenters. The highest BCUT2D eigenvalue weighted by Crippen LogP contribution is 2.29. The molecule has 1 aliphatic heterocycles. The molecule has 88 valence electrons. The first kappa shape index (κ1) is 11.4. The molecule has 4 heteroatoms. The molecule has 0 radical (unpaired) electrons. The summed E-state index contributed by atoms with van der Waals surface area (Å²) in [5.41, 5.74) is 1.01. The standard InChI is InChI=1S/C12H16FNO2/c1-16-12-5-9(2-3-10(12)13)11-4-8(7-15)6-14-11/h2-3,5,8,11,14-15H,4,6-7H2,1H3. The van der Waals surface area contributed by atoms with Gasteiger partial charge in [0.15, 0.2) is 11.6 Å². The number of rotatable bonds is 3. The van der Waals surface area contributed by atoms with Gasteiger partial charge in [0, 0.05) is 19.2 Å². The second kappa shape index (κ2) is 4.80. The summed E-state index contributed by atoms with van der Waals surface area (Å²) in [6, 6.07) is 5.08.